The van der Waals surface area contributed by atoms with Gasteiger partial charge in [-0.05, 0) is 44.1 Å². The third-order valence-corrected chi connectivity index (χ3v) is 6.85. The zero-order valence-corrected chi connectivity index (χ0v) is 17.2. The zero-order valence-electron chi connectivity index (χ0n) is 17.2. The number of nitrogens with one attached hydrogen (secondary N) is 2. The van der Waals surface area contributed by atoms with Crippen molar-refractivity contribution >= 4 is 11.8 Å². The molecule has 0 radical (unpaired) electrons. The molecule has 2 aromatic heterocycles. The lowest BCUT2D eigenvalue weighted by molar-refractivity contribution is -0.152. The number of carbonyl (C=O) groups excluding carboxylic acids is 2. The number of carbonyl (C=O) groups is 2. The third-order valence-electron chi connectivity index (χ3n) is 6.85. The van der Waals surface area contributed by atoms with Crippen LogP contribution in [0.4, 0.5) is 0 Å². The molecular formula is C21H28N6O3. The van der Waals surface area contributed by atoms with E-state index < -0.39 is 0 Å². The SMILES string of the molecule is Cc1cc(C(=O)NC[C@H]2[C@H]3C[C@H](CN(Cc4ccn[nH]4)C3)[C@@H]3CCCC(=O)N32)on1. The molecule has 9 nitrogen and oxygen atoms in total. The highest BCUT2D eigenvalue weighted by Gasteiger charge is 2.49. The normalized spacial score (nSPS) is 29.0. The van der Waals surface area contributed by atoms with Crippen molar-refractivity contribution in [2.24, 2.45) is 11.8 Å². The number of rotatable bonds is 5. The van der Waals surface area contributed by atoms with Crippen molar-refractivity contribution in [1.29, 1.82) is 0 Å². The molecule has 3 fully saturated rings. The van der Waals surface area contributed by atoms with Crippen molar-refractivity contribution in [3.8, 4) is 0 Å². The van der Waals surface area contributed by atoms with Gasteiger partial charge in [-0.2, -0.15) is 5.10 Å². The van der Waals surface area contributed by atoms with Crippen molar-refractivity contribution in [3.05, 3.63) is 35.5 Å². The van der Waals surface area contributed by atoms with Gasteiger partial charge in [0.15, 0.2) is 0 Å². The molecule has 30 heavy (non-hydrogen) atoms. The first-order chi connectivity index (χ1) is 14.6. The van der Waals surface area contributed by atoms with Crippen LogP contribution in [0.1, 0.15) is 47.6 Å². The van der Waals surface area contributed by atoms with Gasteiger partial charge in [0.05, 0.1) is 11.7 Å². The van der Waals surface area contributed by atoms with E-state index in [-0.39, 0.29) is 29.7 Å². The molecule has 9 heteroatoms. The van der Waals surface area contributed by atoms with Gasteiger partial charge < -0.3 is 14.7 Å². The molecule has 2 bridgehead atoms. The summed E-state index contributed by atoms with van der Waals surface area (Å²) in [7, 11) is 0. The lowest BCUT2D eigenvalue weighted by Crippen LogP contribution is -2.67. The Morgan fingerprint density at radius 3 is 3.00 bits per heavy atom. The van der Waals surface area contributed by atoms with Crippen molar-refractivity contribution in [3.63, 3.8) is 0 Å². The van der Waals surface area contributed by atoms with E-state index in [4.69, 9.17) is 4.52 Å². The van der Waals surface area contributed by atoms with Gasteiger partial charge in [0.1, 0.15) is 0 Å². The summed E-state index contributed by atoms with van der Waals surface area (Å²) in [4.78, 5) is 30.0. The first kappa shape index (κ1) is 19.3. The van der Waals surface area contributed by atoms with Gasteiger partial charge >= 0.3 is 0 Å². The first-order valence-corrected chi connectivity index (χ1v) is 10.8. The zero-order chi connectivity index (χ0) is 20.7. The molecule has 0 saturated carbocycles. The summed E-state index contributed by atoms with van der Waals surface area (Å²) in [5, 5.41) is 13.9. The molecule has 3 saturated heterocycles. The molecule has 4 atom stereocenters. The molecular weight excluding hydrogens is 384 g/mol. The fourth-order valence-electron chi connectivity index (χ4n) is 5.63. The maximum absolute atomic E-state index is 12.9. The average Bonchev–Trinajstić information content (AvgIpc) is 3.40. The predicted molar refractivity (Wildman–Crippen MR) is 107 cm³/mol. The van der Waals surface area contributed by atoms with Crippen molar-refractivity contribution in [2.75, 3.05) is 19.6 Å². The second-order valence-corrected chi connectivity index (χ2v) is 8.90. The predicted octanol–water partition coefficient (Wildman–Crippen LogP) is 1.34. The first-order valence-electron chi connectivity index (χ1n) is 10.8. The molecule has 0 spiro atoms. The molecule has 3 aliphatic rings. The van der Waals surface area contributed by atoms with Gasteiger partial charge in [-0.15, -0.1) is 0 Å². The molecule has 0 aliphatic carbocycles. The Morgan fingerprint density at radius 1 is 1.37 bits per heavy atom. The van der Waals surface area contributed by atoms with Crippen LogP contribution < -0.4 is 5.32 Å². The summed E-state index contributed by atoms with van der Waals surface area (Å²) in [6.07, 6.45) is 5.51. The largest absolute Gasteiger partial charge is 0.351 e. The summed E-state index contributed by atoms with van der Waals surface area (Å²) in [5.41, 5.74) is 1.78. The summed E-state index contributed by atoms with van der Waals surface area (Å²) in [6, 6.07) is 3.92. The minimum atomic E-state index is -0.274. The highest BCUT2D eigenvalue weighted by atomic mass is 16.5. The summed E-state index contributed by atoms with van der Waals surface area (Å²) in [5.74, 6) is 0.996. The van der Waals surface area contributed by atoms with Crippen molar-refractivity contribution < 1.29 is 14.1 Å². The molecule has 0 aromatic carbocycles. The minimum Gasteiger partial charge on any atom is -0.351 e. The van der Waals surface area contributed by atoms with Crippen molar-refractivity contribution in [1.82, 2.24) is 30.5 Å². The van der Waals surface area contributed by atoms with Crippen LogP contribution in [0.3, 0.4) is 0 Å². The number of hydrogen-bond donors (Lipinski definition) is 2. The third kappa shape index (κ3) is 3.62. The Balaban J connectivity index is 1.33. The molecule has 5 heterocycles. The number of amides is 2. The average molecular weight is 412 g/mol. The standard InChI is InChI=1S/C21H28N6O3/c1-13-7-19(30-25-13)21(29)22-9-18-15-8-14(17-3-2-4-20(28)27(17)18)10-26(11-15)12-16-5-6-23-24-16/h5-7,14-15,17-18H,2-4,8-12H2,1H3,(H,22,29)(H,23,24)/t14-,15+,17+,18+/m1/s1. The van der Waals surface area contributed by atoms with Crippen LogP contribution in [-0.2, 0) is 11.3 Å². The Bertz CT molecular complexity index is 910. The number of aromatic amines is 1. The van der Waals surface area contributed by atoms with Gasteiger partial charge in [0.25, 0.3) is 5.91 Å². The van der Waals surface area contributed by atoms with E-state index in [0.29, 0.717) is 30.5 Å². The van der Waals surface area contributed by atoms with E-state index in [1.165, 1.54) is 0 Å². The Hall–Kier alpha value is -2.68. The molecule has 160 valence electrons. The summed E-state index contributed by atoms with van der Waals surface area (Å²) >= 11 is 0. The highest BCUT2D eigenvalue weighted by Crippen LogP contribution is 2.41. The number of hydrogen-bond acceptors (Lipinski definition) is 6. The second kappa shape index (κ2) is 7.86. The number of aromatic nitrogens is 3. The second-order valence-electron chi connectivity index (χ2n) is 8.90. The van der Waals surface area contributed by atoms with Crippen LogP contribution in [-0.4, -0.2) is 68.7 Å². The van der Waals surface area contributed by atoms with Crippen LogP contribution in [0, 0.1) is 18.8 Å². The molecule has 0 unspecified atom stereocenters. The van der Waals surface area contributed by atoms with E-state index in [0.717, 1.165) is 44.6 Å². The van der Waals surface area contributed by atoms with Gasteiger partial charge in [0.2, 0.25) is 11.7 Å². The number of nitrogens with zero attached hydrogens (tertiary/aromatic N) is 4. The molecule has 3 aliphatic heterocycles. The smallest absolute Gasteiger partial charge is 0.289 e. The van der Waals surface area contributed by atoms with E-state index in [1.807, 2.05) is 6.07 Å². The van der Waals surface area contributed by atoms with Gasteiger partial charge in [-0.1, -0.05) is 5.16 Å². The van der Waals surface area contributed by atoms with Crippen molar-refractivity contribution in [2.45, 2.75) is 51.2 Å². The molecule has 5 rings (SSSR count). The van der Waals surface area contributed by atoms with E-state index in [1.54, 1.807) is 19.2 Å². The number of H-pyrrole nitrogens is 1. The van der Waals surface area contributed by atoms with Crippen LogP contribution in [0.5, 0.6) is 0 Å². The lowest BCUT2D eigenvalue weighted by atomic mass is 9.72. The molecule has 2 amide bonds. The quantitative estimate of drug-likeness (QED) is 0.767. The molecule has 2 aromatic rings. The van der Waals surface area contributed by atoms with Gasteiger partial charge in [0, 0.05) is 56.6 Å². The topological polar surface area (TPSA) is 107 Å². The fourth-order valence-corrected chi connectivity index (χ4v) is 5.63. The Kier molecular flexibility index (Phi) is 5.06. The highest BCUT2D eigenvalue weighted by molar-refractivity contribution is 5.91. The minimum absolute atomic E-state index is 0.0107. The van der Waals surface area contributed by atoms with Gasteiger partial charge in [-0.3, -0.25) is 19.6 Å². The monoisotopic (exact) mass is 412 g/mol. The molecule has 2 N–H and O–H groups in total. The van der Waals surface area contributed by atoms with E-state index in [2.05, 4.69) is 30.5 Å². The number of likely N-dealkylation sites (tertiary alicyclic amines) is 1. The number of piperidine rings is 3. The van der Waals surface area contributed by atoms with Crippen LogP contribution in [0.15, 0.2) is 22.9 Å². The van der Waals surface area contributed by atoms with Crippen LogP contribution in [0.25, 0.3) is 0 Å². The van der Waals surface area contributed by atoms with E-state index in [9.17, 15) is 9.59 Å². The number of aryl methyl sites for hydroxylation is 1. The van der Waals surface area contributed by atoms with Crippen LogP contribution >= 0.6 is 0 Å². The summed E-state index contributed by atoms with van der Waals surface area (Å²) < 4.78 is 5.09. The fraction of sp³-hybridized carbons (Fsp3) is 0.619. The lowest BCUT2D eigenvalue weighted by Gasteiger charge is -2.56. The summed E-state index contributed by atoms with van der Waals surface area (Å²) in [6.45, 7) is 4.98. The maximum atomic E-state index is 12.9. The Morgan fingerprint density at radius 2 is 2.23 bits per heavy atom. The maximum Gasteiger partial charge on any atom is 0.289 e. The van der Waals surface area contributed by atoms with Gasteiger partial charge in [-0.25, -0.2) is 0 Å². The Labute approximate surface area is 175 Å². The van der Waals surface area contributed by atoms with E-state index >= 15 is 0 Å². The van der Waals surface area contributed by atoms with Crippen LogP contribution in [0.2, 0.25) is 0 Å². The number of fused-ring (bicyclic) bond motifs is 4.